The van der Waals surface area contributed by atoms with Gasteiger partial charge in [0.25, 0.3) is 0 Å². The van der Waals surface area contributed by atoms with E-state index in [1.165, 1.54) is 193 Å². The van der Waals surface area contributed by atoms with Gasteiger partial charge in [-0.25, -0.2) is 0 Å². The molecule has 284 valence electrons. The second kappa shape index (κ2) is 37.1. The predicted molar refractivity (Wildman–Crippen MR) is 209 cm³/mol. The summed E-state index contributed by atoms with van der Waals surface area (Å²) in [7, 11) is 0. The zero-order valence-corrected chi connectivity index (χ0v) is 33.0. The van der Waals surface area contributed by atoms with Crippen LogP contribution in [0.3, 0.4) is 0 Å². The zero-order chi connectivity index (χ0) is 34.5. The second-order valence-electron chi connectivity index (χ2n) is 15.8. The molecule has 0 radical (unpaired) electrons. The van der Waals surface area contributed by atoms with Gasteiger partial charge in [0.05, 0.1) is 12.7 Å². The quantitative estimate of drug-likeness (QED) is 0.0638. The highest BCUT2D eigenvalue weighted by molar-refractivity contribution is 4.82. The fourth-order valence-electron chi connectivity index (χ4n) is 6.86. The Bertz CT molecular complexity index is 578. The van der Waals surface area contributed by atoms with E-state index in [0.29, 0.717) is 13.0 Å². The van der Waals surface area contributed by atoms with Crippen molar-refractivity contribution in [2.75, 3.05) is 19.8 Å². The lowest BCUT2D eigenvalue weighted by molar-refractivity contribution is -0.101. The maximum atomic E-state index is 10.1. The highest BCUT2D eigenvalue weighted by atomic mass is 16.5. The summed E-state index contributed by atoms with van der Waals surface area (Å²) in [4.78, 5) is 0. The van der Waals surface area contributed by atoms with Crippen LogP contribution in [-0.2, 0) is 9.47 Å². The van der Waals surface area contributed by atoms with Crippen LogP contribution in [0, 0.1) is 0 Å². The first-order chi connectivity index (χ1) is 22.9. The summed E-state index contributed by atoms with van der Waals surface area (Å²) in [6, 6.07) is 0. The van der Waals surface area contributed by atoms with Gasteiger partial charge >= 0.3 is 0 Å². The van der Waals surface area contributed by atoms with Crippen molar-refractivity contribution in [3.05, 3.63) is 0 Å². The number of aliphatic hydroxyl groups excluding tert-OH is 1. The minimum absolute atomic E-state index is 0.00143. The van der Waals surface area contributed by atoms with Crippen molar-refractivity contribution >= 4 is 0 Å². The standard InChI is InChI=1S/C43H89NO3/c1-5-7-9-11-13-15-17-19-21-23-25-27-29-31-33-35-37-46-41(39-43(3,4)44)42(40-45)47-38-36-34-32-30-28-26-24-22-20-18-16-14-12-10-8-6-2/h41-42,45H,5-40,44H2,1-4H3. The van der Waals surface area contributed by atoms with Crippen molar-refractivity contribution in [3.63, 3.8) is 0 Å². The van der Waals surface area contributed by atoms with Crippen molar-refractivity contribution in [2.24, 2.45) is 5.73 Å². The van der Waals surface area contributed by atoms with Crippen molar-refractivity contribution in [1.82, 2.24) is 0 Å². The SMILES string of the molecule is CCCCCCCCCCCCCCCCCCOC(CO)C(CC(C)(C)N)OCCCCCCCCCCCCCCCCCC. The number of unbranched alkanes of at least 4 members (excludes halogenated alkanes) is 30. The number of ether oxygens (including phenoxy) is 2. The van der Waals surface area contributed by atoms with Crippen LogP contribution < -0.4 is 5.73 Å². The van der Waals surface area contributed by atoms with Crippen LogP contribution in [0.2, 0.25) is 0 Å². The second-order valence-corrected chi connectivity index (χ2v) is 15.8. The fraction of sp³-hybridized carbons (Fsp3) is 1.00. The average Bonchev–Trinajstić information content (AvgIpc) is 3.04. The van der Waals surface area contributed by atoms with E-state index in [2.05, 4.69) is 13.8 Å². The van der Waals surface area contributed by atoms with E-state index >= 15 is 0 Å². The Morgan fingerprint density at radius 3 is 0.872 bits per heavy atom. The first kappa shape index (κ1) is 46.8. The van der Waals surface area contributed by atoms with Crippen LogP contribution in [-0.4, -0.2) is 42.7 Å². The van der Waals surface area contributed by atoms with Gasteiger partial charge in [0.1, 0.15) is 6.10 Å². The Hall–Kier alpha value is -0.160. The molecule has 4 heteroatoms. The molecule has 0 aliphatic rings. The Balaban J connectivity index is 3.79. The molecule has 0 amide bonds. The van der Waals surface area contributed by atoms with E-state index in [9.17, 15) is 5.11 Å². The topological polar surface area (TPSA) is 64.7 Å². The van der Waals surface area contributed by atoms with Gasteiger partial charge in [0.2, 0.25) is 0 Å². The number of nitrogens with two attached hydrogens (primary N) is 1. The molecule has 0 bridgehead atoms. The van der Waals surface area contributed by atoms with Crippen LogP contribution in [0.15, 0.2) is 0 Å². The monoisotopic (exact) mass is 668 g/mol. The molecule has 0 aliphatic heterocycles. The molecule has 2 atom stereocenters. The molecule has 47 heavy (non-hydrogen) atoms. The molecule has 2 unspecified atom stereocenters. The van der Waals surface area contributed by atoms with Crippen molar-refractivity contribution in [1.29, 1.82) is 0 Å². The van der Waals surface area contributed by atoms with Gasteiger partial charge in [-0.2, -0.15) is 0 Å². The average molecular weight is 668 g/mol. The van der Waals surface area contributed by atoms with Crippen LogP contribution in [0.4, 0.5) is 0 Å². The number of hydrogen-bond donors (Lipinski definition) is 2. The summed E-state index contributed by atoms with van der Waals surface area (Å²) in [5.74, 6) is 0. The van der Waals surface area contributed by atoms with Crippen molar-refractivity contribution in [2.45, 2.75) is 257 Å². The van der Waals surface area contributed by atoms with Gasteiger partial charge in [-0.15, -0.1) is 0 Å². The first-order valence-corrected chi connectivity index (χ1v) is 21.6. The van der Waals surface area contributed by atoms with Gasteiger partial charge in [0, 0.05) is 18.8 Å². The molecule has 4 nitrogen and oxygen atoms in total. The zero-order valence-electron chi connectivity index (χ0n) is 33.0. The number of aliphatic hydroxyl groups is 1. The normalized spacial score (nSPS) is 13.4. The summed E-state index contributed by atoms with van der Waals surface area (Å²) >= 11 is 0. The third-order valence-electron chi connectivity index (χ3n) is 9.98. The molecule has 0 fully saturated rings. The van der Waals surface area contributed by atoms with E-state index in [-0.39, 0.29) is 24.4 Å². The fourth-order valence-corrected chi connectivity index (χ4v) is 6.86. The molecule has 3 N–H and O–H groups in total. The van der Waals surface area contributed by atoms with E-state index in [1.54, 1.807) is 0 Å². The van der Waals surface area contributed by atoms with Gasteiger partial charge in [0.15, 0.2) is 0 Å². The Morgan fingerprint density at radius 2 is 0.638 bits per heavy atom. The Morgan fingerprint density at radius 1 is 0.404 bits per heavy atom. The molecule has 0 aromatic carbocycles. The lowest BCUT2D eigenvalue weighted by Crippen LogP contribution is -2.44. The predicted octanol–water partition coefficient (Wildman–Crippen LogP) is 13.4. The summed E-state index contributed by atoms with van der Waals surface area (Å²) in [6.45, 7) is 10.1. The maximum absolute atomic E-state index is 10.1. The molecular weight excluding hydrogens is 578 g/mol. The van der Waals surface area contributed by atoms with Crippen LogP contribution in [0.1, 0.15) is 240 Å². The highest BCUT2D eigenvalue weighted by Crippen LogP contribution is 2.19. The minimum atomic E-state index is -0.343. The third-order valence-corrected chi connectivity index (χ3v) is 9.98. The largest absolute Gasteiger partial charge is 0.394 e. The van der Waals surface area contributed by atoms with E-state index in [1.807, 2.05) is 13.8 Å². The van der Waals surface area contributed by atoms with E-state index < -0.39 is 0 Å². The maximum Gasteiger partial charge on any atom is 0.107 e. The molecule has 0 aromatic heterocycles. The van der Waals surface area contributed by atoms with Crippen LogP contribution in [0.25, 0.3) is 0 Å². The molecule has 0 saturated carbocycles. The smallest absolute Gasteiger partial charge is 0.107 e. The van der Waals surface area contributed by atoms with Crippen molar-refractivity contribution in [3.8, 4) is 0 Å². The Labute approximate surface area is 296 Å². The third kappa shape index (κ3) is 36.9. The molecule has 0 spiro atoms. The molecule has 0 aromatic rings. The molecule has 0 rings (SSSR count). The summed E-state index contributed by atoms with van der Waals surface area (Å²) < 4.78 is 12.5. The molecule has 0 saturated heterocycles. The lowest BCUT2D eigenvalue weighted by Gasteiger charge is -2.31. The van der Waals surface area contributed by atoms with Gasteiger partial charge in [-0.1, -0.05) is 206 Å². The summed E-state index contributed by atoms with van der Waals surface area (Å²) in [5, 5.41) is 10.1. The molecule has 0 heterocycles. The first-order valence-electron chi connectivity index (χ1n) is 21.6. The van der Waals surface area contributed by atoms with E-state index in [0.717, 1.165) is 19.4 Å². The van der Waals surface area contributed by atoms with Crippen LogP contribution in [0.5, 0.6) is 0 Å². The van der Waals surface area contributed by atoms with E-state index in [4.69, 9.17) is 15.2 Å². The van der Waals surface area contributed by atoms with Gasteiger partial charge < -0.3 is 20.3 Å². The molecule has 0 aliphatic carbocycles. The lowest BCUT2D eigenvalue weighted by atomic mass is 9.95. The van der Waals surface area contributed by atoms with Crippen LogP contribution >= 0.6 is 0 Å². The molecular formula is C43H89NO3. The minimum Gasteiger partial charge on any atom is -0.394 e. The number of hydrogen-bond acceptors (Lipinski definition) is 4. The Kier molecular flexibility index (Phi) is 37.0. The number of rotatable bonds is 40. The van der Waals surface area contributed by atoms with Gasteiger partial charge in [-0.3, -0.25) is 0 Å². The van der Waals surface area contributed by atoms with Crippen molar-refractivity contribution < 1.29 is 14.6 Å². The van der Waals surface area contributed by atoms with Gasteiger partial charge in [-0.05, 0) is 33.1 Å². The highest BCUT2D eigenvalue weighted by Gasteiger charge is 2.28. The summed E-state index contributed by atoms with van der Waals surface area (Å²) in [6.07, 6.45) is 44.2. The summed E-state index contributed by atoms with van der Waals surface area (Å²) in [5.41, 5.74) is 6.03.